The number of ether oxygens (including phenoxy) is 2. The van der Waals surface area contributed by atoms with Gasteiger partial charge in [0.05, 0.1) is 19.8 Å². The molecule has 0 radical (unpaired) electrons. The highest BCUT2D eigenvalue weighted by molar-refractivity contribution is 5.85. The fourth-order valence-corrected chi connectivity index (χ4v) is 3.87. The molecule has 4 unspecified atom stereocenters. The van der Waals surface area contributed by atoms with E-state index in [9.17, 15) is 0 Å². The molecule has 3 fully saturated rings. The molecule has 2 saturated heterocycles. The summed E-state index contributed by atoms with van der Waals surface area (Å²) in [6.07, 6.45) is 6.60. The first-order chi connectivity index (χ1) is 9.43. The van der Waals surface area contributed by atoms with Crippen molar-refractivity contribution in [3.05, 3.63) is 0 Å². The highest BCUT2D eigenvalue weighted by Gasteiger charge is 2.34. The highest BCUT2D eigenvalue weighted by Crippen LogP contribution is 2.29. The van der Waals surface area contributed by atoms with Crippen LogP contribution in [0.5, 0.6) is 0 Å². The predicted molar refractivity (Wildman–Crippen MR) is 82.5 cm³/mol. The molecule has 4 atom stereocenters. The Kier molecular flexibility index (Phi) is 7.05. The minimum absolute atomic E-state index is 0. The fraction of sp³-hybridized carbons (Fsp3) is 1.00. The van der Waals surface area contributed by atoms with Gasteiger partial charge in [0.2, 0.25) is 0 Å². The molecule has 2 aliphatic heterocycles. The van der Waals surface area contributed by atoms with Crippen molar-refractivity contribution in [1.82, 2.24) is 10.6 Å². The molecule has 0 spiro atoms. The van der Waals surface area contributed by atoms with Crippen LogP contribution < -0.4 is 10.6 Å². The zero-order valence-corrected chi connectivity index (χ0v) is 13.1. The zero-order chi connectivity index (χ0) is 12.9. The Labute approximate surface area is 128 Å². The van der Waals surface area contributed by atoms with Crippen molar-refractivity contribution in [2.75, 3.05) is 39.5 Å². The first-order valence-corrected chi connectivity index (χ1v) is 8.06. The zero-order valence-electron chi connectivity index (χ0n) is 12.3. The topological polar surface area (TPSA) is 42.5 Å². The van der Waals surface area contributed by atoms with Gasteiger partial charge in [-0.1, -0.05) is 6.42 Å². The first-order valence-electron chi connectivity index (χ1n) is 8.06. The quantitative estimate of drug-likeness (QED) is 0.827. The van der Waals surface area contributed by atoms with E-state index in [1.54, 1.807) is 0 Å². The minimum Gasteiger partial charge on any atom is -0.381 e. The van der Waals surface area contributed by atoms with Crippen molar-refractivity contribution in [3.63, 3.8) is 0 Å². The number of hydrogen-bond acceptors (Lipinski definition) is 4. The second kappa shape index (κ2) is 8.54. The lowest BCUT2D eigenvalue weighted by atomic mass is 9.93. The largest absolute Gasteiger partial charge is 0.381 e. The van der Waals surface area contributed by atoms with Gasteiger partial charge in [-0.05, 0) is 37.5 Å². The maximum atomic E-state index is 5.63. The Morgan fingerprint density at radius 1 is 1.00 bits per heavy atom. The molecule has 0 aromatic heterocycles. The Morgan fingerprint density at radius 3 is 2.65 bits per heavy atom. The molecule has 2 N–H and O–H groups in total. The Bertz CT molecular complexity index is 269. The van der Waals surface area contributed by atoms with E-state index in [-0.39, 0.29) is 12.4 Å². The van der Waals surface area contributed by atoms with Gasteiger partial charge in [-0.3, -0.25) is 0 Å². The normalized spacial score (nSPS) is 38.4. The molecule has 1 aliphatic carbocycles. The molecule has 20 heavy (non-hydrogen) atoms. The molecule has 3 aliphatic rings. The molecule has 0 amide bonds. The molecule has 3 rings (SSSR count). The second-order valence-corrected chi connectivity index (χ2v) is 6.33. The molecule has 1 saturated carbocycles. The monoisotopic (exact) mass is 304 g/mol. The van der Waals surface area contributed by atoms with Crippen molar-refractivity contribution in [1.29, 1.82) is 0 Å². The van der Waals surface area contributed by atoms with Crippen LogP contribution in [-0.4, -0.2) is 51.6 Å². The van der Waals surface area contributed by atoms with E-state index in [0.29, 0.717) is 12.1 Å². The summed E-state index contributed by atoms with van der Waals surface area (Å²) in [7, 11) is 0. The summed E-state index contributed by atoms with van der Waals surface area (Å²) in [6.45, 7) is 5.84. The number of nitrogens with one attached hydrogen (secondary N) is 2. The van der Waals surface area contributed by atoms with E-state index in [0.717, 1.165) is 51.4 Å². The third-order valence-electron chi connectivity index (χ3n) is 4.96. The SMILES string of the molecule is C1COCC(CNC2CCCC2C2COCCN2)C1.Cl. The van der Waals surface area contributed by atoms with Crippen molar-refractivity contribution < 1.29 is 9.47 Å². The lowest BCUT2D eigenvalue weighted by Crippen LogP contribution is -2.51. The maximum Gasteiger partial charge on any atom is 0.0623 e. The van der Waals surface area contributed by atoms with Crippen LogP contribution in [0.15, 0.2) is 0 Å². The molecular weight excluding hydrogens is 276 g/mol. The van der Waals surface area contributed by atoms with E-state index in [1.165, 1.54) is 32.1 Å². The summed E-state index contributed by atoms with van der Waals surface area (Å²) >= 11 is 0. The number of halogens is 1. The van der Waals surface area contributed by atoms with Gasteiger partial charge in [0.25, 0.3) is 0 Å². The lowest BCUT2D eigenvalue weighted by Gasteiger charge is -2.34. The summed E-state index contributed by atoms with van der Waals surface area (Å²) in [5.41, 5.74) is 0. The molecule has 5 heteroatoms. The average molecular weight is 305 g/mol. The van der Waals surface area contributed by atoms with Crippen LogP contribution in [0, 0.1) is 11.8 Å². The Morgan fingerprint density at radius 2 is 1.90 bits per heavy atom. The van der Waals surface area contributed by atoms with Crippen LogP contribution in [0.1, 0.15) is 32.1 Å². The second-order valence-electron chi connectivity index (χ2n) is 6.33. The van der Waals surface area contributed by atoms with Crippen molar-refractivity contribution >= 4 is 12.4 Å². The van der Waals surface area contributed by atoms with E-state index < -0.39 is 0 Å². The standard InChI is InChI=1S/C15H28N2O2.ClH/c1-4-13(15-11-19-8-6-16-15)14(5-1)17-9-12-3-2-7-18-10-12;/h12-17H,1-11H2;1H. The number of rotatable bonds is 4. The smallest absolute Gasteiger partial charge is 0.0623 e. The van der Waals surface area contributed by atoms with Crippen LogP contribution in [0.25, 0.3) is 0 Å². The molecule has 0 bridgehead atoms. The van der Waals surface area contributed by atoms with Crippen molar-refractivity contribution in [2.45, 2.75) is 44.2 Å². The molecule has 2 heterocycles. The molecule has 0 aromatic rings. The van der Waals surface area contributed by atoms with E-state index >= 15 is 0 Å². The van der Waals surface area contributed by atoms with Crippen LogP contribution >= 0.6 is 12.4 Å². The van der Waals surface area contributed by atoms with Gasteiger partial charge >= 0.3 is 0 Å². The third-order valence-corrected chi connectivity index (χ3v) is 4.96. The van der Waals surface area contributed by atoms with Gasteiger partial charge in [0, 0.05) is 31.8 Å². The Hall–Kier alpha value is 0.130. The third kappa shape index (κ3) is 4.31. The molecule has 4 nitrogen and oxygen atoms in total. The van der Waals surface area contributed by atoms with Gasteiger partial charge in [0.15, 0.2) is 0 Å². The van der Waals surface area contributed by atoms with E-state index in [4.69, 9.17) is 9.47 Å². The lowest BCUT2D eigenvalue weighted by molar-refractivity contribution is 0.0444. The van der Waals surface area contributed by atoms with Gasteiger partial charge in [-0.2, -0.15) is 0 Å². The summed E-state index contributed by atoms with van der Waals surface area (Å²) in [4.78, 5) is 0. The summed E-state index contributed by atoms with van der Waals surface area (Å²) in [5, 5.41) is 7.46. The maximum absolute atomic E-state index is 5.63. The fourth-order valence-electron chi connectivity index (χ4n) is 3.87. The first kappa shape index (κ1) is 16.5. The highest BCUT2D eigenvalue weighted by atomic mass is 35.5. The molecular formula is C15H29ClN2O2. The van der Waals surface area contributed by atoms with Crippen LogP contribution in [0.4, 0.5) is 0 Å². The van der Waals surface area contributed by atoms with Crippen molar-refractivity contribution in [3.8, 4) is 0 Å². The minimum atomic E-state index is 0. The predicted octanol–water partition coefficient (Wildman–Crippen LogP) is 1.58. The van der Waals surface area contributed by atoms with E-state index in [1.807, 2.05) is 0 Å². The van der Waals surface area contributed by atoms with Gasteiger partial charge in [-0.25, -0.2) is 0 Å². The van der Waals surface area contributed by atoms with Crippen LogP contribution in [0.2, 0.25) is 0 Å². The summed E-state index contributed by atoms with van der Waals surface area (Å²) < 4.78 is 11.2. The Balaban J connectivity index is 0.00000147. The van der Waals surface area contributed by atoms with Gasteiger partial charge in [0.1, 0.15) is 0 Å². The average Bonchev–Trinajstić information content (AvgIpc) is 2.95. The number of morpholine rings is 1. The van der Waals surface area contributed by atoms with Crippen LogP contribution in [-0.2, 0) is 9.47 Å². The van der Waals surface area contributed by atoms with Crippen LogP contribution in [0.3, 0.4) is 0 Å². The molecule has 0 aromatic carbocycles. The van der Waals surface area contributed by atoms with Gasteiger partial charge < -0.3 is 20.1 Å². The summed E-state index contributed by atoms with van der Waals surface area (Å²) in [5.74, 6) is 1.48. The van der Waals surface area contributed by atoms with E-state index in [2.05, 4.69) is 10.6 Å². The number of hydrogen-bond donors (Lipinski definition) is 2. The molecule has 118 valence electrons. The summed E-state index contributed by atoms with van der Waals surface area (Å²) in [6, 6.07) is 1.25. The van der Waals surface area contributed by atoms with Gasteiger partial charge in [-0.15, -0.1) is 12.4 Å². The van der Waals surface area contributed by atoms with Crippen molar-refractivity contribution in [2.24, 2.45) is 11.8 Å².